The number of rotatable bonds is 0. The number of hydrogen-bond acceptors (Lipinski definition) is 3. The van der Waals surface area contributed by atoms with E-state index in [2.05, 4.69) is 9.97 Å². The van der Waals surface area contributed by atoms with Crippen LogP contribution in [0, 0.1) is 11.7 Å². The smallest absolute Gasteiger partial charge is 0.226 e. The summed E-state index contributed by atoms with van der Waals surface area (Å²) >= 11 is 4.91. The maximum atomic E-state index is 5.21. The van der Waals surface area contributed by atoms with Crippen molar-refractivity contribution in [1.82, 2.24) is 9.97 Å². The number of nitrogens with zero attached hydrogens (tertiary/aromatic N) is 1. The molecule has 1 aliphatic rings. The van der Waals surface area contributed by atoms with Gasteiger partial charge in [-0.3, -0.25) is 0 Å². The van der Waals surface area contributed by atoms with Crippen molar-refractivity contribution in [3.05, 3.63) is 28.4 Å². The van der Waals surface area contributed by atoms with Crippen molar-refractivity contribution in [3.63, 3.8) is 0 Å². The summed E-state index contributed by atoms with van der Waals surface area (Å²) in [5, 5.41) is 0. The summed E-state index contributed by atoms with van der Waals surface area (Å²) in [6.07, 6.45) is 4.46. The Morgan fingerprint density at radius 2 is 2.50 bits per heavy atom. The predicted molar refractivity (Wildman–Crippen MR) is 47.6 cm³/mol. The molecular formula is C8H8N2OS. The fourth-order valence-electron chi connectivity index (χ4n) is 1.20. The largest absolute Gasteiger partial charge is 0.447 e. The molecule has 2 heterocycles. The first kappa shape index (κ1) is 7.49. The molecule has 0 aromatic carbocycles. The van der Waals surface area contributed by atoms with E-state index in [1.54, 1.807) is 6.26 Å². The fraction of sp³-hybridized carbons (Fsp3) is 0.250. The van der Waals surface area contributed by atoms with E-state index < -0.39 is 0 Å². The van der Waals surface area contributed by atoms with Crippen molar-refractivity contribution in [2.75, 3.05) is 0 Å². The van der Waals surface area contributed by atoms with E-state index in [0.29, 0.717) is 10.7 Å². The third kappa shape index (κ3) is 1.14. The molecule has 0 bridgehead atoms. The van der Waals surface area contributed by atoms with Crippen molar-refractivity contribution >= 4 is 12.2 Å². The Morgan fingerprint density at radius 3 is 3.33 bits per heavy atom. The Morgan fingerprint density at radius 1 is 1.67 bits per heavy atom. The van der Waals surface area contributed by atoms with Crippen LogP contribution in [0.1, 0.15) is 11.3 Å². The molecule has 1 N–H and O–H groups in total. The minimum atomic E-state index is 0.474. The van der Waals surface area contributed by atoms with E-state index in [0.717, 1.165) is 17.7 Å². The molecule has 0 atom stereocenters. The summed E-state index contributed by atoms with van der Waals surface area (Å²) < 4.78 is 5.68. The van der Waals surface area contributed by atoms with Gasteiger partial charge in [0.25, 0.3) is 0 Å². The molecule has 4 heteroatoms. The molecule has 62 valence electrons. The first-order valence-corrected chi connectivity index (χ1v) is 4.09. The molecule has 0 saturated carbocycles. The first-order chi connectivity index (χ1) is 5.77. The zero-order valence-corrected chi connectivity index (χ0v) is 7.44. The van der Waals surface area contributed by atoms with Crippen molar-refractivity contribution < 1.29 is 4.74 Å². The van der Waals surface area contributed by atoms with Gasteiger partial charge in [0.15, 0.2) is 4.77 Å². The Kier molecular flexibility index (Phi) is 1.69. The van der Waals surface area contributed by atoms with Crippen LogP contribution in [0.3, 0.4) is 0 Å². The molecule has 2 rings (SSSR count). The topological polar surface area (TPSA) is 37.9 Å². The molecule has 0 spiro atoms. The molecule has 1 aromatic rings. The molecule has 1 aliphatic heterocycles. The average Bonchev–Trinajstić information content (AvgIpc) is 2.04. The highest BCUT2D eigenvalue weighted by Gasteiger charge is 2.10. The van der Waals surface area contributed by atoms with E-state index in [-0.39, 0.29) is 0 Å². The number of aromatic amines is 1. The van der Waals surface area contributed by atoms with E-state index >= 15 is 0 Å². The van der Waals surface area contributed by atoms with Gasteiger partial charge in [-0.15, -0.1) is 0 Å². The third-order valence-electron chi connectivity index (χ3n) is 1.81. The highest BCUT2D eigenvalue weighted by molar-refractivity contribution is 7.71. The van der Waals surface area contributed by atoms with Gasteiger partial charge in [-0.2, -0.15) is 4.98 Å². The second-order valence-corrected chi connectivity index (χ2v) is 3.03. The van der Waals surface area contributed by atoms with Crippen molar-refractivity contribution in [3.8, 4) is 5.88 Å². The normalized spacial score (nSPS) is 13.8. The summed E-state index contributed by atoms with van der Waals surface area (Å²) in [6, 6.07) is 0. The quantitative estimate of drug-likeness (QED) is 0.619. The number of allylic oxidation sites excluding steroid dienone is 1. The molecule has 0 radical (unpaired) electrons. The minimum Gasteiger partial charge on any atom is -0.447 e. The van der Waals surface area contributed by atoms with Gasteiger partial charge in [0, 0.05) is 17.7 Å². The maximum Gasteiger partial charge on any atom is 0.226 e. The Balaban J connectivity index is 2.65. The lowest BCUT2D eigenvalue weighted by Gasteiger charge is -2.11. The van der Waals surface area contributed by atoms with Crippen LogP contribution in [0.4, 0.5) is 0 Å². The van der Waals surface area contributed by atoms with Crippen molar-refractivity contribution in [2.24, 2.45) is 0 Å². The third-order valence-corrected chi connectivity index (χ3v) is 2.00. The zero-order valence-electron chi connectivity index (χ0n) is 6.63. The number of ether oxygens (including phenoxy) is 1. The molecule has 0 aliphatic carbocycles. The van der Waals surface area contributed by atoms with Gasteiger partial charge in [0.2, 0.25) is 5.88 Å². The Hall–Kier alpha value is -1.16. The van der Waals surface area contributed by atoms with Crippen LogP contribution in [0.2, 0.25) is 0 Å². The van der Waals surface area contributed by atoms with Gasteiger partial charge < -0.3 is 9.72 Å². The van der Waals surface area contributed by atoms with E-state index in [4.69, 9.17) is 17.0 Å². The first-order valence-electron chi connectivity index (χ1n) is 3.69. The van der Waals surface area contributed by atoms with Crippen molar-refractivity contribution in [1.29, 1.82) is 0 Å². The van der Waals surface area contributed by atoms with Gasteiger partial charge in [-0.25, -0.2) is 0 Å². The van der Waals surface area contributed by atoms with Gasteiger partial charge in [-0.05, 0) is 25.2 Å². The molecule has 0 saturated heterocycles. The van der Waals surface area contributed by atoms with Crippen LogP contribution < -0.4 is 4.74 Å². The van der Waals surface area contributed by atoms with Crippen LogP contribution >= 0.6 is 12.2 Å². The van der Waals surface area contributed by atoms with Gasteiger partial charge in [-0.1, -0.05) is 0 Å². The highest BCUT2D eigenvalue weighted by Crippen LogP contribution is 2.21. The van der Waals surface area contributed by atoms with Crippen LogP contribution in [0.15, 0.2) is 12.3 Å². The van der Waals surface area contributed by atoms with Crippen LogP contribution in [-0.4, -0.2) is 9.97 Å². The highest BCUT2D eigenvalue weighted by atomic mass is 32.1. The van der Waals surface area contributed by atoms with E-state index in [1.807, 2.05) is 13.0 Å². The number of aryl methyl sites for hydroxylation is 1. The molecule has 0 unspecified atom stereocenters. The molecule has 0 fully saturated rings. The second-order valence-electron chi connectivity index (χ2n) is 2.64. The Bertz CT molecular complexity index is 395. The number of hydrogen-bond donors (Lipinski definition) is 1. The SMILES string of the molecule is Cc1[nH]c(=S)nc2c1CC=CO2. The molecule has 1 aromatic heterocycles. The monoisotopic (exact) mass is 180 g/mol. The number of aromatic nitrogens is 2. The zero-order chi connectivity index (χ0) is 8.55. The second kappa shape index (κ2) is 2.71. The van der Waals surface area contributed by atoms with Gasteiger partial charge in [0.1, 0.15) is 0 Å². The lowest BCUT2D eigenvalue weighted by atomic mass is 10.1. The maximum absolute atomic E-state index is 5.21. The average molecular weight is 180 g/mol. The summed E-state index contributed by atoms with van der Waals surface area (Å²) in [5.74, 6) is 0.638. The van der Waals surface area contributed by atoms with Crippen LogP contribution in [0.25, 0.3) is 0 Å². The number of H-pyrrole nitrogens is 1. The summed E-state index contributed by atoms with van der Waals surface area (Å²) in [7, 11) is 0. The van der Waals surface area contributed by atoms with Gasteiger partial charge in [0.05, 0.1) is 6.26 Å². The van der Waals surface area contributed by atoms with Gasteiger partial charge >= 0.3 is 0 Å². The van der Waals surface area contributed by atoms with Crippen LogP contribution in [0.5, 0.6) is 5.88 Å². The lowest BCUT2D eigenvalue weighted by Crippen LogP contribution is -2.03. The summed E-state index contributed by atoms with van der Waals surface area (Å²) in [4.78, 5) is 7.05. The Labute approximate surface area is 75.1 Å². The molecular weight excluding hydrogens is 172 g/mol. The predicted octanol–water partition coefficient (Wildman–Crippen LogP) is 1.90. The molecule has 3 nitrogen and oxygen atoms in total. The summed E-state index contributed by atoms with van der Waals surface area (Å²) in [6.45, 7) is 1.97. The fourth-order valence-corrected chi connectivity index (χ4v) is 1.44. The standard InChI is InChI=1S/C8H8N2OS/c1-5-6-3-2-4-11-7(6)10-8(12)9-5/h2,4H,3H2,1H3,(H,9,10,12). The molecule has 12 heavy (non-hydrogen) atoms. The minimum absolute atomic E-state index is 0.474. The summed E-state index contributed by atoms with van der Waals surface area (Å²) in [5.41, 5.74) is 2.13. The number of nitrogens with one attached hydrogen (secondary N) is 1. The lowest BCUT2D eigenvalue weighted by molar-refractivity contribution is 0.441. The van der Waals surface area contributed by atoms with Crippen LogP contribution in [-0.2, 0) is 6.42 Å². The van der Waals surface area contributed by atoms with E-state index in [9.17, 15) is 0 Å². The molecule has 0 amide bonds. The van der Waals surface area contributed by atoms with E-state index in [1.165, 1.54) is 0 Å². The van der Waals surface area contributed by atoms with Crippen molar-refractivity contribution in [2.45, 2.75) is 13.3 Å². The number of fused-ring (bicyclic) bond motifs is 1.